The van der Waals surface area contributed by atoms with Crippen molar-refractivity contribution < 1.29 is 0 Å². The first kappa shape index (κ1) is 18.2. The van der Waals surface area contributed by atoms with Gasteiger partial charge in [0.15, 0.2) is 0 Å². The summed E-state index contributed by atoms with van der Waals surface area (Å²) in [4.78, 5) is 8.88. The maximum absolute atomic E-state index is 9.31. The molecule has 7 heteroatoms. The van der Waals surface area contributed by atoms with Crippen molar-refractivity contribution in [3.05, 3.63) is 59.9 Å². The van der Waals surface area contributed by atoms with Gasteiger partial charge < -0.3 is 0 Å². The molecular formula is C21H19ClN6. The molecule has 0 aliphatic rings. The zero-order chi connectivity index (χ0) is 19.9. The number of nitriles is 1. The van der Waals surface area contributed by atoms with Gasteiger partial charge in [0.05, 0.1) is 18.1 Å². The van der Waals surface area contributed by atoms with Gasteiger partial charge in [-0.2, -0.15) is 10.4 Å². The van der Waals surface area contributed by atoms with Crippen molar-refractivity contribution in [1.29, 1.82) is 5.26 Å². The normalized spacial score (nSPS) is 11.7. The molecule has 4 heterocycles. The van der Waals surface area contributed by atoms with Gasteiger partial charge in [0.2, 0.25) is 0 Å². The first-order valence-corrected chi connectivity index (χ1v) is 9.29. The Kier molecular flexibility index (Phi) is 4.40. The Morgan fingerprint density at radius 2 is 1.96 bits per heavy atom. The van der Waals surface area contributed by atoms with Crippen LogP contribution in [0.1, 0.15) is 26.5 Å². The summed E-state index contributed by atoms with van der Waals surface area (Å²) < 4.78 is 3.73. The van der Waals surface area contributed by atoms with Gasteiger partial charge in [0, 0.05) is 35.6 Å². The van der Waals surface area contributed by atoms with Crippen LogP contribution < -0.4 is 0 Å². The molecule has 0 N–H and O–H groups in total. The SMILES string of the molecule is CC(C)(C)Cn1cc(-c2ccc(C#N)nc2-c2ccn3c(Cl)cnc3c2)cn1. The van der Waals surface area contributed by atoms with Crippen LogP contribution >= 0.6 is 11.6 Å². The van der Waals surface area contributed by atoms with E-state index in [9.17, 15) is 5.26 Å². The predicted octanol–water partition coefficient (Wildman–Crippen LogP) is 4.83. The molecule has 0 spiro atoms. The smallest absolute Gasteiger partial charge is 0.141 e. The molecule has 0 radical (unpaired) electrons. The van der Waals surface area contributed by atoms with E-state index in [2.05, 4.69) is 41.9 Å². The van der Waals surface area contributed by atoms with Crippen molar-refractivity contribution in [3.8, 4) is 28.5 Å². The Hall–Kier alpha value is -3.17. The molecular weight excluding hydrogens is 372 g/mol. The average molecular weight is 391 g/mol. The van der Waals surface area contributed by atoms with E-state index in [0.29, 0.717) is 10.8 Å². The van der Waals surface area contributed by atoms with Crippen LogP contribution in [0.3, 0.4) is 0 Å². The highest BCUT2D eigenvalue weighted by Gasteiger charge is 2.16. The van der Waals surface area contributed by atoms with Crippen molar-refractivity contribution >= 4 is 17.2 Å². The van der Waals surface area contributed by atoms with Crippen molar-refractivity contribution in [2.24, 2.45) is 5.41 Å². The van der Waals surface area contributed by atoms with Gasteiger partial charge in [-0.1, -0.05) is 32.4 Å². The summed E-state index contributed by atoms with van der Waals surface area (Å²) >= 11 is 6.13. The van der Waals surface area contributed by atoms with Gasteiger partial charge in [-0.3, -0.25) is 9.08 Å². The second-order valence-corrected chi connectivity index (χ2v) is 8.30. The third kappa shape index (κ3) is 3.49. The fraction of sp³-hybridized carbons (Fsp3) is 0.238. The first-order chi connectivity index (χ1) is 13.3. The molecule has 0 atom stereocenters. The van der Waals surface area contributed by atoms with E-state index in [0.717, 1.165) is 34.6 Å². The van der Waals surface area contributed by atoms with Crippen LogP contribution in [0.5, 0.6) is 0 Å². The van der Waals surface area contributed by atoms with Crippen molar-refractivity contribution in [3.63, 3.8) is 0 Å². The summed E-state index contributed by atoms with van der Waals surface area (Å²) in [6, 6.07) is 9.60. The number of nitrogens with zero attached hydrogens (tertiary/aromatic N) is 6. The molecule has 0 fully saturated rings. The van der Waals surface area contributed by atoms with Crippen LogP contribution in [0.25, 0.3) is 28.0 Å². The predicted molar refractivity (Wildman–Crippen MR) is 109 cm³/mol. The van der Waals surface area contributed by atoms with Crippen LogP contribution in [-0.4, -0.2) is 24.1 Å². The molecule has 0 amide bonds. The molecule has 0 aromatic carbocycles. The maximum Gasteiger partial charge on any atom is 0.141 e. The Morgan fingerprint density at radius 1 is 1.14 bits per heavy atom. The Bertz CT molecular complexity index is 1210. The maximum atomic E-state index is 9.31. The van der Waals surface area contributed by atoms with Crippen LogP contribution in [0, 0.1) is 16.7 Å². The van der Waals surface area contributed by atoms with Crippen LogP contribution in [0.15, 0.2) is 49.1 Å². The van der Waals surface area contributed by atoms with Gasteiger partial charge in [-0.15, -0.1) is 0 Å². The highest BCUT2D eigenvalue weighted by molar-refractivity contribution is 6.29. The van der Waals surface area contributed by atoms with E-state index in [1.807, 2.05) is 41.5 Å². The number of pyridine rings is 2. The summed E-state index contributed by atoms with van der Waals surface area (Å²) in [7, 11) is 0. The minimum absolute atomic E-state index is 0.125. The van der Waals surface area contributed by atoms with Gasteiger partial charge >= 0.3 is 0 Å². The third-order valence-electron chi connectivity index (χ3n) is 4.33. The number of hydrogen-bond donors (Lipinski definition) is 0. The lowest BCUT2D eigenvalue weighted by atomic mass is 9.97. The molecule has 140 valence electrons. The van der Waals surface area contributed by atoms with Crippen molar-refractivity contribution in [1.82, 2.24) is 24.1 Å². The molecule has 0 bridgehead atoms. The van der Waals surface area contributed by atoms with Gasteiger partial charge in [-0.05, 0) is 29.7 Å². The standard InChI is InChI=1S/C21H19ClN6/c1-21(2,3)13-27-12-15(10-25-27)17-5-4-16(9-23)26-20(17)14-6-7-28-18(22)11-24-19(28)8-14/h4-8,10-12H,13H2,1-3H3. The van der Waals surface area contributed by atoms with E-state index in [1.165, 1.54) is 0 Å². The number of fused-ring (bicyclic) bond motifs is 1. The zero-order valence-corrected chi connectivity index (χ0v) is 16.6. The quantitative estimate of drug-likeness (QED) is 0.502. The molecule has 0 saturated carbocycles. The van der Waals surface area contributed by atoms with Gasteiger partial charge in [-0.25, -0.2) is 9.97 Å². The highest BCUT2D eigenvalue weighted by Crippen LogP contribution is 2.32. The lowest BCUT2D eigenvalue weighted by molar-refractivity contribution is 0.325. The molecule has 6 nitrogen and oxygen atoms in total. The van der Waals surface area contributed by atoms with Crippen molar-refractivity contribution in [2.45, 2.75) is 27.3 Å². The Labute approximate surface area is 168 Å². The number of halogens is 1. The van der Waals surface area contributed by atoms with Crippen molar-refractivity contribution in [2.75, 3.05) is 0 Å². The number of rotatable bonds is 3. The Morgan fingerprint density at radius 3 is 2.71 bits per heavy atom. The van der Waals surface area contributed by atoms with Crippen LogP contribution in [-0.2, 0) is 6.54 Å². The minimum atomic E-state index is 0.125. The molecule has 0 saturated heterocycles. The monoisotopic (exact) mass is 390 g/mol. The summed E-state index contributed by atoms with van der Waals surface area (Å²) in [5.41, 5.74) is 4.67. The van der Waals surface area contributed by atoms with Crippen LogP contribution in [0.4, 0.5) is 0 Å². The lowest BCUT2D eigenvalue weighted by Gasteiger charge is -2.17. The molecule has 28 heavy (non-hydrogen) atoms. The summed E-state index contributed by atoms with van der Waals surface area (Å²) in [6.07, 6.45) is 7.32. The Balaban J connectivity index is 1.83. The summed E-state index contributed by atoms with van der Waals surface area (Å²) in [5, 5.41) is 14.4. The van der Waals surface area contributed by atoms with Crippen LogP contribution in [0.2, 0.25) is 5.15 Å². The lowest BCUT2D eigenvalue weighted by Crippen LogP contribution is -2.15. The molecule has 4 aromatic heterocycles. The highest BCUT2D eigenvalue weighted by atomic mass is 35.5. The third-order valence-corrected chi connectivity index (χ3v) is 4.61. The fourth-order valence-electron chi connectivity index (χ4n) is 3.15. The molecule has 4 aromatic rings. The van der Waals surface area contributed by atoms with E-state index < -0.39 is 0 Å². The minimum Gasteiger partial charge on any atom is -0.291 e. The van der Waals surface area contributed by atoms with E-state index in [1.54, 1.807) is 16.7 Å². The van der Waals surface area contributed by atoms with Gasteiger partial charge in [0.25, 0.3) is 0 Å². The number of imidazole rings is 1. The average Bonchev–Trinajstić information content (AvgIpc) is 3.26. The van der Waals surface area contributed by atoms with E-state index in [4.69, 9.17) is 11.6 Å². The first-order valence-electron chi connectivity index (χ1n) is 8.91. The fourth-order valence-corrected chi connectivity index (χ4v) is 3.34. The number of hydrogen-bond acceptors (Lipinski definition) is 4. The second-order valence-electron chi connectivity index (χ2n) is 7.92. The van der Waals surface area contributed by atoms with E-state index >= 15 is 0 Å². The second kappa shape index (κ2) is 6.77. The zero-order valence-electron chi connectivity index (χ0n) is 15.9. The molecule has 0 aliphatic heterocycles. The molecule has 4 rings (SSSR count). The number of aromatic nitrogens is 5. The largest absolute Gasteiger partial charge is 0.291 e. The summed E-state index contributed by atoms with van der Waals surface area (Å²) in [5.74, 6) is 0. The molecule has 0 unspecified atom stereocenters. The molecule has 0 aliphatic carbocycles. The van der Waals surface area contributed by atoms with Gasteiger partial charge in [0.1, 0.15) is 22.6 Å². The topological polar surface area (TPSA) is 71.8 Å². The summed E-state index contributed by atoms with van der Waals surface area (Å²) in [6.45, 7) is 7.33. The van der Waals surface area contributed by atoms with E-state index in [-0.39, 0.29) is 5.41 Å².